The molecule has 3 saturated heterocycles. The Labute approximate surface area is 187 Å². The molecule has 0 spiro atoms. The predicted octanol–water partition coefficient (Wildman–Crippen LogP) is 0.209. The number of nitrogens with zero attached hydrogens (tertiary/aromatic N) is 3. The number of nitrogens with one attached hydrogen (secondary N) is 2. The summed E-state index contributed by atoms with van der Waals surface area (Å²) in [5.41, 5.74) is 1.51. The smallest absolute Gasteiger partial charge is 0.264 e. The van der Waals surface area contributed by atoms with Gasteiger partial charge in [-0.3, -0.25) is 29.4 Å². The maximum absolute atomic E-state index is 13.3. The van der Waals surface area contributed by atoms with Gasteiger partial charge in [0.1, 0.15) is 6.04 Å². The van der Waals surface area contributed by atoms with E-state index in [0.717, 1.165) is 69.2 Å². The van der Waals surface area contributed by atoms with Crippen LogP contribution in [0, 0.1) is 5.92 Å². The summed E-state index contributed by atoms with van der Waals surface area (Å²) in [6.07, 6.45) is 2.39. The zero-order chi connectivity index (χ0) is 22.2. The summed E-state index contributed by atoms with van der Waals surface area (Å²) in [5.74, 6) is -1.19. The van der Waals surface area contributed by atoms with Crippen molar-refractivity contribution in [1.82, 2.24) is 20.4 Å². The third-order valence-corrected chi connectivity index (χ3v) is 7.13. The van der Waals surface area contributed by atoms with Crippen LogP contribution in [0.3, 0.4) is 0 Å². The number of piperidine rings is 2. The third-order valence-electron chi connectivity index (χ3n) is 7.13. The van der Waals surface area contributed by atoms with E-state index >= 15 is 0 Å². The molecule has 4 heterocycles. The van der Waals surface area contributed by atoms with Crippen LogP contribution >= 0.6 is 0 Å². The number of carbonyl (C=O) groups is 4. The minimum atomic E-state index is -0.933. The molecular formula is C23H29N5O4. The SMILES string of the molecule is O=C1CCC(N2C(=O)c3cccc(N4CCC(CN5CCNCC5)CC4)c3C2=O)C(=O)N1. The molecule has 1 unspecified atom stereocenters. The first-order valence-electron chi connectivity index (χ1n) is 11.6. The number of hydrogen-bond acceptors (Lipinski definition) is 7. The lowest BCUT2D eigenvalue weighted by molar-refractivity contribution is -0.136. The van der Waals surface area contributed by atoms with Gasteiger partial charge in [0.2, 0.25) is 11.8 Å². The first kappa shape index (κ1) is 21.1. The van der Waals surface area contributed by atoms with E-state index in [1.54, 1.807) is 12.1 Å². The van der Waals surface area contributed by atoms with Crippen molar-refractivity contribution in [3.8, 4) is 0 Å². The normalized spacial score (nSPS) is 25.3. The van der Waals surface area contributed by atoms with Crippen LogP contribution in [0.1, 0.15) is 46.4 Å². The van der Waals surface area contributed by atoms with Gasteiger partial charge in [-0.1, -0.05) is 6.07 Å². The molecule has 2 N–H and O–H groups in total. The monoisotopic (exact) mass is 439 g/mol. The van der Waals surface area contributed by atoms with Gasteiger partial charge in [-0.25, -0.2) is 0 Å². The molecule has 1 atom stereocenters. The van der Waals surface area contributed by atoms with E-state index in [1.165, 1.54) is 0 Å². The van der Waals surface area contributed by atoms with Crippen LogP contribution in [0.15, 0.2) is 18.2 Å². The summed E-state index contributed by atoms with van der Waals surface area (Å²) in [5, 5.41) is 5.64. The Kier molecular flexibility index (Phi) is 5.69. The van der Waals surface area contributed by atoms with Gasteiger partial charge >= 0.3 is 0 Å². The fourth-order valence-electron chi connectivity index (χ4n) is 5.38. The van der Waals surface area contributed by atoms with Crippen LogP contribution in [-0.4, -0.2) is 85.3 Å². The Hall–Kier alpha value is -2.78. The van der Waals surface area contributed by atoms with Gasteiger partial charge in [-0.2, -0.15) is 0 Å². The van der Waals surface area contributed by atoms with Gasteiger partial charge in [-0.15, -0.1) is 0 Å². The quantitative estimate of drug-likeness (QED) is 0.647. The van der Waals surface area contributed by atoms with Crippen molar-refractivity contribution >= 4 is 29.3 Å². The lowest BCUT2D eigenvalue weighted by Gasteiger charge is -2.37. The maximum atomic E-state index is 13.3. The molecule has 0 aromatic heterocycles. The van der Waals surface area contributed by atoms with E-state index in [-0.39, 0.29) is 18.7 Å². The minimum absolute atomic E-state index is 0.122. The number of benzene rings is 1. The highest BCUT2D eigenvalue weighted by molar-refractivity contribution is 6.25. The van der Waals surface area contributed by atoms with E-state index in [1.807, 2.05) is 6.07 Å². The number of fused-ring (bicyclic) bond motifs is 1. The van der Waals surface area contributed by atoms with Crippen molar-refractivity contribution in [2.24, 2.45) is 5.92 Å². The largest absolute Gasteiger partial charge is 0.371 e. The van der Waals surface area contributed by atoms with Crippen LogP contribution in [0.4, 0.5) is 5.69 Å². The van der Waals surface area contributed by atoms with Gasteiger partial charge in [-0.05, 0) is 37.3 Å². The summed E-state index contributed by atoms with van der Waals surface area (Å²) >= 11 is 0. The van der Waals surface area contributed by atoms with E-state index in [0.29, 0.717) is 17.0 Å². The summed E-state index contributed by atoms with van der Waals surface area (Å²) < 4.78 is 0. The van der Waals surface area contributed by atoms with Gasteiger partial charge in [0.25, 0.3) is 11.8 Å². The van der Waals surface area contributed by atoms with Gasteiger partial charge < -0.3 is 15.1 Å². The third kappa shape index (κ3) is 3.80. The number of amides is 4. The molecule has 0 bridgehead atoms. The van der Waals surface area contributed by atoms with Crippen molar-refractivity contribution < 1.29 is 19.2 Å². The van der Waals surface area contributed by atoms with Crippen molar-refractivity contribution in [2.75, 3.05) is 50.7 Å². The first-order chi connectivity index (χ1) is 15.5. The molecule has 1 aromatic carbocycles. The number of hydrogen-bond donors (Lipinski definition) is 2. The van der Waals surface area contributed by atoms with E-state index < -0.39 is 23.8 Å². The molecule has 1 aromatic rings. The standard InChI is InChI=1S/C23H29N5O4/c29-19-5-4-18(21(30)25-19)28-22(31)16-2-1-3-17(20(16)23(28)32)27-10-6-15(7-11-27)14-26-12-8-24-9-13-26/h1-3,15,18,24H,4-14H2,(H,25,29,30). The number of rotatable bonds is 4. The molecule has 4 aliphatic rings. The van der Waals surface area contributed by atoms with E-state index in [9.17, 15) is 19.2 Å². The first-order valence-corrected chi connectivity index (χ1v) is 11.6. The van der Waals surface area contributed by atoms with Crippen LogP contribution < -0.4 is 15.5 Å². The minimum Gasteiger partial charge on any atom is -0.371 e. The zero-order valence-electron chi connectivity index (χ0n) is 18.1. The highest BCUT2D eigenvalue weighted by atomic mass is 16.2. The Morgan fingerprint density at radius 1 is 0.906 bits per heavy atom. The Balaban J connectivity index is 1.30. The molecule has 5 rings (SSSR count). The van der Waals surface area contributed by atoms with Crippen LogP contribution in [0.25, 0.3) is 0 Å². The second-order valence-electron chi connectivity index (χ2n) is 9.13. The average Bonchev–Trinajstić information content (AvgIpc) is 3.06. The fourth-order valence-corrected chi connectivity index (χ4v) is 5.38. The van der Waals surface area contributed by atoms with E-state index in [2.05, 4.69) is 20.4 Å². The molecular weight excluding hydrogens is 410 g/mol. The molecule has 32 heavy (non-hydrogen) atoms. The highest BCUT2D eigenvalue weighted by Gasteiger charge is 2.46. The van der Waals surface area contributed by atoms with E-state index in [4.69, 9.17) is 0 Å². The molecule has 9 nitrogen and oxygen atoms in total. The summed E-state index contributed by atoms with van der Waals surface area (Å²) in [4.78, 5) is 56.0. The Morgan fingerprint density at radius 2 is 1.66 bits per heavy atom. The van der Waals surface area contributed by atoms with Crippen molar-refractivity contribution in [1.29, 1.82) is 0 Å². The van der Waals surface area contributed by atoms with Crippen molar-refractivity contribution in [3.05, 3.63) is 29.3 Å². The van der Waals surface area contributed by atoms with Crippen molar-refractivity contribution in [2.45, 2.75) is 31.7 Å². The maximum Gasteiger partial charge on any atom is 0.264 e. The van der Waals surface area contributed by atoms with Crippen LogP contribution in [0.5, 0.6) is 0 Å². The molecule has 3 fully saturated rings. The average molecular weight is 440 g/mol. The second kappa shape index (κ2) is 8.63. The predicted molar refractivity (Wildman–Crippen MR) is 117 cm³/mol. The molecule has 0 saturated carbocycles. The molecule has 9 heteroatoms. The Bertz CT molecular complexity index is 950. The summed E-state index contributed by atoms with van der Waals surface area (Å²) in [6, 6.07) is 4.43. The Morgan fingerprint density at radius 3 is 2.38 bits per heavy atom. The lowest BCUT2D eigenvalue weighted by Crippen LogP contribution is -2.54. The summed E-state index contributed by atoms with van der Waals surface area (Å²) in [6.45, 7) is 7.09. The van der Waals surface area contributed by atoms with Crippen LogP contribution in [-0.2, 0) is 9.59 Å². The topological polar surface area (TPSA) is 102 Å². The lowest BCUT2D eigenvalue weighted by atomic mass is 9.94. The van der Waals surface area contributed by atoms with Crippen molar-refractivity contribution in [3.63, 3.8) is 0 Å². The molecule has 170 valence electrons. The van der Waals surface area contributed by atoms with Crippen LogP contribution in [0.2, 0.25) is 0 Å². The molecule has 0 radical (unpaired) electrons. The fraction of sp³-hybridized carbons (Fsp3) is 0.565. The van der Waals surface area contributed by atoms with Gasteiger partial charge in [0.05, 0.1) is 16.8 Å². The number of imide groups is 2. The molecule has 4 amide bonds. The second-order valence-corrected chi connectivity index (χ2v) is 9.13. The molecule has 4 aliphatic heterocycles. The number of anilines is 1. The number of piperazine rings is 1. The van der Waals surface area contributed by atoms with Gasteiger partial charge in [0, 0.05) is 52.2 Å². The summed E-state index contributed by atoms with van der Waals surface area (Å²) in [7, 11) is 0. The zero-order valence-corrected chi connectivity index (χ0v) is 18.1. The number of carbonyl (C=O) groups excluding carboxylic acids is 4. The molecule has 0 aliphatic carbocycles. The highest BCUT2D eigenvalue weighted by Crippen LogP contribution is 2.35. The van der Waals surface area contributed by atoms with Gasteiger partial charge in [0.15, 0.2) is 0 Å².